The number of hydrogen-bond acceptors (Lipinski definition) is 6. The number of carboxylic acids is 1. The largest absolute Gasteiger partial charge is 0.496 e. The van der Waals surface area contributed by atoms with Crippen LogP contribution in [0.2, 0.25) is 10.0 Å². The molecule has 0 saturated heterocycles. The Morgan fingerprint density at radius 3 is 2.54 bits per heavy atom. The SMILES string of the molecule is CS(=O)(=O)c1cccc(C[C@H](NC(=O)c2c(Cl)cc3c[n+](C(=O)NCc4ccco4)ccc3c2Cl)C(=O)O)c1. The van der Waals surface area contributed by atoms with Gasteiger partial charge in [0.15, 0.2) is 9.84 Å². The zero-order valence-corrected chi connectivity index (χ0v) is 22.7. The molecule has 39 heavy (non-hydrogen) atoms. The molecule has 0 bridgehead atoms. The normalized spacial score (nSPS) is 12.2. The van der Waals surface area contributed by atoms with Crippen molar-refractivity contribution < 1.29 is 36.9 Å². The molecule has 0 radical (unpaired) electrons. The van der Waals surface area contributed by atoms with Gasteiger partial charge in [-0.1, -0.05) is 35.3 Å². The molecule has 202 valence electrons. The van der Waals surface area contributed by atoms with Gasteiger partial charge in [-0.05, 0) is 42.0 Å². The number of rotatable bonds is 8. The number of sulfone groups is 1. The maximum absolute atomic E-state index is 13.1. The number of nitrogens with zero attached hydrogens (tertiary/aromatic N) is 1. The maximum Gasteiger partial charge on any atom is 0.496 e. The molecule has 10 nitrogen and oxygen atoms in total. The van der Waals surface area contributed by atoms with Gasteiger partial charge in [-0.25, -0.2) is 18.5 Å². The lowest BCUT2D eigenvalue weighted by Crippen LogP contribution is -2.49. The van der Waals surface area contributed by atoms with E-state index in [9.17, 15) is 27.9 Å². The van der Waals surface area contributed by atoms with Gasteiger partial charge in [0.25, 0.3) is 5.91 Å². The summed E-state index contributed by atoms with van der Waals surface area (Å²) in [6.07, 6.45) is 5.30. The smallest absolute Gasteiger partial charge is 0.480 e. The molecular formula is C26H22Cl2N3O7S+. The Bertz CT molecular complexity index is 1690. The zero-order chi connectivity index (χ0) is 28.3. The molecule has 0 unspecified atom stereocenters. The number of furan rings is 1. The summed E-state index contributed by atoms with van der Waals surface area (Å²) in [7, 11) is -3.50. The van der Waals surface area contributed by atoms with Crippen molar-refractivity contribution in [1.29, 1.82) is 0 Å². The van der Waals surface area contributed by atoms with E-state index in [4.69, 9.17) is 27.6 Å². The van der Waals surface area contributed by atoms with Gasteiger partial charge >= 0.3 is 12.0 Å². The second-order valence-corrected chi connectivity index (χ2v) is 11.4. The van der Waals surface area contributed by atoms with Crippen molar-refractivity contribution in [2.24, 2.45) is 0 Å². The predicted molar refractivity (Wildman–Crippen MR) is 143 cm³/mol. The third-order valence-corrected chi connectivity index (χ3v) is 7.59. The van der Waals surface area contributed by atoms with E-state index in [1.165, 1.54) is 53.6 Å². The third kappa shape index (κ3) is 6.56. The summed E-state index contributed by atoms with van der Waals surface area (Å²) < 4.78 is 30.2. The highest BCUT2D eigenvalue weighted by atomic mass is 35.5. The van der Waals surface area contributed by atoms with Crippen LogP contribution in [0.3, 0.4) is 0 Å². The van der Waals surface area contributed by atoms with Crippen LogP contribution in [-0.2, 0) is 27.6 Å². The van der Waals surface area contributed by atoms with E-state index in [1.54, 1.807) is 18.2 Å². The average molecular weight is 591 g/mol. The van der Waals surface area contributed by atoms with Crippen molar-refractivity contribution in [3.8, 4) is 0 Å². The quantitative estimate of drug-likeness (QED) is 0.265. The number of benzene rings is 2. The Morgan fingerprint density at radius 2 is 1.87 bits per heavy atom. The second kappa shape index (κ2) is 11.4. The van der Waals surface area contributed by atoms with Crippen molar-refractivity contribution in [3.63, 3.8) is 0 Å². The summed E-state index contributed by atoms with van der Waals surface area (Å²) in [5.74, 6) is -1.58. The molecule has 2 heterocycles. The maximum atomic E-state index is 13.1. The van der Waals surface area contributed by atoms with Gasteiger partial charge in [-0.3, -0.25) is 4.79 Å². The van der Waals surface area contributed by atoms with Crippen LogP contribution in [0.15, 0.2) is 76.5 Å². The van der Waals surface area contributed by atoms with Gasteiger partial charge in [0.1, 0.15) is 30.7 Å². The summed E-state index contributed by atoms with van der Waals surface area (Å²) >= 11 is 12.9. The number of aliphatic carboxylic acids is 1. The van der Waals surface area contributed by atoms with Gasteiger partial charge < -0.3 is 14.8 Å². The highest BCUT2D eigenvalue weighted by molar-refractivity contribution is 7.90. The molecule has 0 saturated carbocycles. The second-order valence-electron chi connectivity index (χ2n) is 8.63. The molecule has 0 aliphatic rings. The molecule has 2 aromatic heterocycles. The van der Waals surface area contributed by atoms with E-state index in [2.05, 4.69) is 10.6 Å². The Morgan fingerprint density at radius 1 is 1.10 bits per heavy atom. The van der Waals surface area contributed by atoms with E-state index in [0.29, 0.717) is 22.1 Å². The fraction of sp³-hybridized carbons (Fsp3) is 0.154. The van der Waals surface area contributed by atoms with Crippen LogP contribution >= 0.6 is 23.2 Å². The van der Waals surface area contributed by atoms with Crippen LogP contribution in [0, 0.1) is 0 Å². The number of carbonyl (C=O) groups excluding carboxylic acids is 2. The molecule has 13 heteroatoms. The molecule has 0 aliphatic carbocycles. The minimum Gasteiger partial charge on any atom is -0.480 e. The average Bonchev–Trinajstić information content (AvgIpc) is 3.40. The van der Waals surface area contributed by atoms with E-state index in [0.717, 1.165) is 6.26 Å². The Labute approximate surface area is 233 Å². The van der Waals surface area contributed by atoms with E-state index < -0.39 is 33.8 Å². The van der Waals surface area contributed by atoms with Crippen molar-refractivity contribution in [3.05, 3.63) is 94.1 Å². The number of carboxylic acid groups (broad SMARTS) is 1. The van der Waals surface area contributed by atoms with Crippen LogP contribution in [-0.4, -0.2) is 43.7 Å². The first-order valence-corrected chi connectivity index (χ1v) is 14.0. The summed E-state index contributed by atoms with van der Waals surface area (Å²) in [6, 6.07) is 10.4. The first-order valence-electron chi connectivity index (χ1n) is 11.4. The summed E-state index contributed by atoms with van der Waals surface area (Å²) in [6.45, 7) is 0.181. The van der Waals surface area contributed by atoms with Crippen LogP contribution in [0.4, 0.5) is 4.79 Å². The monoisotopic (exact) mass is 590 g/mol. The highest BCUT2D eigenvalue weighted by Crippen LogP contribution is 2.32. The minimum atomic E-state index is -3.50. The number of nitrogens with one attached hydrogen (secondary N) is 2. The van der Waals surface area contributed by atoms with Gasteiger partial charge in [0, 0.05) is 23.4 Å². The number of fused-ring (bicyclic) bond motifs is 1. The molecule has 4 rings (SSSR count). The van der Waals surface area contributed by atoms with Crippen LogP contribution in [0.25, 0.3) is 10.8 Å². The number of halogens is 2. The lowest BCUT2D eigenvalue weighted by atomic mass is 10.0. The minimum absolute atomic E-state index is 0.0265. The van der Waals surface area contributed by atoms with E-state index >= 15 is 0 Å². The van der Waals surface area contributed by atoms with Gasteiger partial charge in [-0.15, -0.1) is 0 Å². The van der Waals surface area contributed by atoms with E-state index in [-0.39, 0.29) is 33.5 Å². The molecule has 3 N–H and O–H groups in total. The Balaban J connectivity index is 1.56. The third-order valence-electron chi connectivity index (χ3n) is 5.79. The van der Waals surface area contributed by atoms with Crippen molar-refractivity contribution in [2.75, 3.05) is 6.26 Å². The number of pyridine rings is 1. The summed E-state index contributed by atoms with van der Waals surface area (Å²) in [5.41, 5.74) is 0.262. The van der Waals surface area contributed by atoms with Crippen LogP contribution < -0.4 is 15.2 Å². The van der Waals surface area contributed by atoms with Crippen LogP contribution in [0.1, 0.15) is 21.7 Å². The summed E-state index contributed by atoms with van der Waals surface area (Å²) in [5, 5.41) is 15.6. The van der Waals surface area contributed by atoms with Crippen molar-refractivity contribution in [1.82, 2.24) is 10.6 Å². The molecule has 4 aromatic rings. The predicted octanol–water partition coefficient (Wildman–Crippen LogP) is 3.61. The Hall–Kier alpha value is -3.93. The number of carbonyl (C=O) groups is 3. The van der Waals surface area contributed by atoms with Crippen molar-refractivity contribution >= 4 is 61.7 Å². The lowest BCUT2D eigenvalue weighted by Gasteiger charge is -2.17. The van der Waals surface area contributed by atoms with Gasteiger partial charge in [0.05, 0.1) is 26.8 Å². The molecule has 1 atom stereocenters. The van der Waals surface area contributed by atoms with Gasteiger partial charge in [-0.2, -0.15) is 9.36 Å². The molecule has 0 spiro atoms. The molecule has 0 fully saturated rings. The molecule has 2 aromatic carbocycles. The first kappa shape index (κ1) is 28.1. The zero-order valence-electron chi connectivity index (χ0n) is 20.4. The highest BCUT2D eigenvalue weighted by Gasteiger charge is 2.26. The van der Waals surface area contributed by atoms with Gasteiger partial charge in [0.2, 0.25) is 0 Å². The molecule has 2 amide bonds. The fourth-order valence-corrected chi connectivity index (χ4v) is 5.24. The van der Waals surface area contributed by atoms with Crippen molar-refractivity contribution in [2.45, 2.75) is 23.9 Å². The molecular weight excluding hydrogens is 569 g/mol. The summed E-state index contributed by atoms with van der Waals surface area (Å²) in [4.78, 5) is 37.6. The first-order chi connectivity index (χ1) is 18.4. The van der Waals surface area contributed by atoms with E-state index in [1.807, 2.05) is 0 Å². The standard InChI is InChI=1S/C26H21Cl2N3O7S/c1-39(36,37)18-6-2-4-15(10-18)11-21(25(33)34)30-24(32)22-20(27)12-16-14-31(8-7-19(16)23(22)28)26(35)29-13-17-5-3-9-38-17/h2-10,12,14,21H,11,13H2,1H3,(H2-,29,30,32,33,34,35)/p+1/t21-/m0/s1. The number of amides is 2. The number of aromatic nitrogens is 1. The topological polar surface area (TPSA) is 147 Å². The lowest BCUT2D eigenvalue weighted by molar-refractivity contribution is -0.570. The Kier molecular flexibility index (Phi) is 8.24. The fourth-order valence-electron chi connectivity index (χ4n) is 3.85. The van der Waals surface area contributed by atoms with Crippen LogP contribution in [0.5, 0.6) is 0 Å². The molecule has 0 aliphatic heterocycles. The number of hydrogen-bond donors (Lipinski definition) is 3.